The van der Waals surface area contributed by atoms with Gasteiger partial charge in [0.2, 0.25) is 0 Å². The number of aryl methyl sites for hydroxylation is 3. The number of fused-ring (bicyclic) bond motifs is 3. The summed E-state index contributed by atoms with van der Waals surface area (Å²) in [4.78, 5) is 4.70. The van der Waals surface area contributed by atoms with Crippen molar-refractivity contribution in [2.45, 2.75) is 60.3 Å². The van der Waals surface area contributed by atoms with Crippen LogP contribution in [0.2, 0.25) is 0 Å². The average molecular weight is 798 g/mol. The molecule has 0 radical (unpaired) electrons. The summed E-state index contributed by atoms with van der Waals surface area (Å²) in [6, 6.07) is 36.4. The molecule has 0 aliphatic carbocycles. The predicted octanol–water partition coefficient (Wildman–Crippen LogP) is 10.6. The number of benzene rings is 4. The van der Waals surface area contributed by atoms with E-state index in [0.29, 0.717) is 11.5 Å². The molecule has 0 spiro atoms. The van der Waals surface area contributed by atoms with E-state index in [0.717, 1.165) is 44.6 Å². The van der Waals surface area contributed by atoms with Crippen LogP contribution in [-0.2, 0) is 21.1 Å². The van der Waals surface area contributed by atoms with E-state index >= 15 is 0 Å². The molecule has 238 valence electrons. The molecule has 3 heterocycles. The SMILES string of the molecule is Cc1ccnc(-n2c3[c-]c(Oc4[c-]c(-n5nc(C(C)C)c(-c6ccc(C)c(C)c6)c5C(C)C)ccc4)ccc3c3ccccc32)c1.[Pt+2]. The van der Waals surface area contributed by atoms with Crippen LogP contribution in [0.4, 0.5) is 0 Å². The normalized spacial score (nSPS) is 11.5. The molecule has 0 N–H and O–H groups in total. The van der Waals surface area contributed by atoms with Gasteiger partial charge in [0, 0.05) is 28.8 Å². The first-order valence-electron chi connectivity index (χ1n) is 16.0. The zero-order valence-corrected chi connectivity index (χ0v) is 30.1. The zero-order chi connectivity index (χ0) is 32.1. The summed E-state index contributed by atoms with van der Waals surface area (Å²) in [6.07, 6.45) is 1.85. The first-order valence-corrected chi connectivity index (χ1v) is 16.0. The Morgan fingerprint density at radius 3 is 2.26 bits per heavy atom. The molecule has 0 bridgehead atoms. The van der Waals surface area contributed by atoms with E-state index in [9.17, 15) is 0 Å². The van der Waals surface area contributed by atoms with Crippen LogP contribution in [0.25, 0.3) is 44.4 Å². The van der Waals surface area contributed by atoms with Crippen LogP contribution in [0.1, 0.15) is 67.6 Å². The Kier molecular flexibility index (Phi) is 8.96. The molecule has 6 heteroatoms. The molecule has 0 saturated carbocycles. The second-order valence-electron chi connectivity index (χ2n) is 12.8. The van der Waals surface area contributed by atoms with E-state index in [1.807, 2.05) is 36.5 Å². The molecule has 0 unspecified atom stereocenters. The van der Waals surface area contributed by atoms with Gasteiger partial charge < -0.3 is 9.30 Å². The fraction of sp³-hybridized carbons (Fsp3) is 0.220. The third-order valence-electron chi connectivity index (χ3n) is 8.73. The van der Waals surface area contributed by atoms with Gasteiger partial charge in [-0.25, -0.2) is 4.98 Å². The molecule has 0 saturated heterocycles. The van der Waals surface area contributed by atoms with E-state index in [1.165, 1.54) is 27.9 Å². The van der Waals surface area contributed by atoms with E-state index in [1.54, 1.807) is 0 Å². The van der Waals surface area contributed by atoms with Gasteiger partial charge in [-0.1, -0.05) is 69.6 Å². The molecule has 0 aliphatic heterocycles. The molecule has 7 rings (SSSR count). The van der Waals surface area contributed by atoms with Gasteiger partial charge in [0.25, 0.3) is 0 Å². The van der Waals surface area contributed by atoms with Gasteiger partial charge in [0.05, 0.1) is 11.4 Å². The largest absolute Gasteiger partial charge is 2.00 e. The molecule has 0 amide bonds. The Bertz CT molecular complexity index is 2240. The van der Waals surface area contributed by atoms with Crippen LogP contribution in [0.5, 0.6) is 11.5 Å². The molecule has 5 nitrogen and oxygen atoms in total. The first kappa shape index (κ1) is 32.5. The van der Waals surface area contributed by atoms with E-state index < -0.39 is 0 Å². The van der Waals surface area contributed by atoms with E-state index in [-0.39, 0.29) is 32.9 Å². The number of hydrogen-bond donors (Lipinski definition) is 0. The minimum absolute atomic E-state index is 0. The average Bonchev–Trinajstić information content (AvgIpc) is 3.60. The van der Waals surface area contributed by atoms with E-state index in [2.05, 4.69) is 124 Å². The quantitative estimate of drug-likeness (QED) is 0.151. The van der Waals surface area contributed by atoms with Crippen molar-refractivity contribution in [2.75, 3.05) is 0 Å². The topological polar surface area (TPSA) is 44.9 Å². The molecule has 0 atom stereocenters. The van der Waals surface area contributed by atoms with Crippen LogP contribution in [0.15, 0.2) is 91.1 Å². The summed E-state index contributed by atoms with van der Waals surface area (Å²) in [6.45, 7) is 15.3. The Balaban J connectivity index is 0.00000386. The number of para-hydroxylation sites is 1. The fourth-order valence-electron chi connectivity index (χ4n) is 6.31. The van der Waals surface area contributed by atoms with Gasteiger partial charge in [0.1, 0.15) is 5.82 Å². The van der Waals surface area contributed by atoms with Crippen molar-refractivity contribution in [3.8, 4) is 34.1 Å². The number of rotatable bonds is 7. The number of ether oxygens (including phenoxy) is 1. The van der Waals surface area contributed by atoms with Crippen molar-refractivity contribution in [1.82, 2.24) is 19.3 Å². The number of hydrogen-bond acceptors (Lipinski definition) is 3. The molecule has 3 aromatic heterocycles. The maximum Gasteiger partial charge on any atom is 2.00 e. The molecular formula is C41H38N4OPt. The van der Waals surface area contributed by atoms with Gasteiger partial charge >= 0.3 is 21.1 Å². The Hall–Kier alpha value is -4.47. The minimum Gasteiger partial charge on any atom is -0.509 e. The third-order valence-corrected chi connectivity index (χ3v) is 8.73. The van der Waals surface area contributed by atoms with Gasteiger partial charge in [-0.05, 0) is 84.1 Å². The number of aromatic nitrogens is 4. The van der Waals surface area contributed by atoms with Crippen LogP contribution < -0.4 is 4.74 Å². The second kappa shape index (κ2) is 13.0. The maximum atomic E-state index is 6.47. The van der Waals surface area contributed by atoms with Crippen LogP contribution in [0.3, 0.4) is 0 Å². The summed E-state index contributed by atoms with van der Waals surface area (Å²) >= 11 is 0. The molecule has 7 aromatic rings. The molecular weight excluding hydrogens is 760 g/mol. The standard InChI is InChI=1S/C41H38N4O.Pt/c1-25(2)40-39(30-16-15-28(6)29(7)22-30)41(26(3)4)45(43-40)31-11-10-12-32(23-31)46-33-17-18-35-34-13-8-9-14-36(34)44(37(35)24-33)38-21-27(5)19-20-42-38;/h8-22,25-26H,1-7H3;/q-2;+2. The Morgan fingerprint density at radius 2 is 1.51 bits per heavy atom. The minimum atomic E-state index is 0. The van der Waals surface area contributed by atoms with Crippen molar-refractivity contribution in [2.24, 2.45) is 0 Å². The second-order valence-corrected chi connectivity index (χ2v) is 12.8. The summed E-state index contributed by atoms with van der Waals surface area (Å²) < 4.78 is 10.7. The van der Waals surface area contributed by atoms with Gasteiger partial charge in [0.15, 0.2) is 0 Å². The van der Waals surface area contributed by atoms with E-state index in [4.69, 9.17) is 14.8 Å². The van der Waals surface area contributed by atoms with Crippen LogP contribution >= 0.6 is 0 Å². The van der Waals surface area contributed by atoms with Gasteiger partial charge in [-0.3, -0.25) is 4.68 Å². The Morgan fingerprint density at radius 1 is 0.723 bits per heavy atom. The zero-order valence-electron chi connectivity index (χ0n) is 27.8. The summed E-state index contributed by atoms with van der Waals surface area (Å²) in [5.41, 5.74) is 11.2. The van der Waals surface area contributed by atoms with Crippen molar-refractivity contribution in [3.05, 3.63) is 131 Å². The van der Waals surface area contributed by atoms with Gasteiger partial charge in [-0.15, -0.1) is 35.7 Å². The monoisotopic (exact) mass is 797 g/mol. The predicted molar refractivity (Wildman–Crippen MR) is 188 cm³/mol. The Labute approximate surface area is 291 Å². The van der Waals surface area contributed by atoms with Crippen molar-refractivity contribution in [3.63, 3.8) is 0 Å². The van der Waals surface area contributed by atoms with Gasteiger partial charge in [-0.2, -0.15) is 17.2 Å². The number of pyridine rings is 1. The third kappa shape index (κ3) is 5.94. The molecule has 47 heavy (non-hydrogen) atoms. The smallest absolute Gasteiger partial charge is 0.509 e. The van der Waals surface area contributed by atoms with Crippen molar-refractivity contribution >= 4 is 21.8 Å². The molecule has 0 aliphatic rings. The van der Waals surface area contributed by atoms with Crippen molar-refractivity contribution < 1.29 is 25.8 Å². The summed E-state index contributed by atoms with van der Waals surface area (Å²) in [5, 5.41) is 7.46. The van der Waals surface area contributed by atoms with Crippen LogP contribution in [0, 0.1) is 32.9 Å². The molecule has 4 aromatic carbocycles. The first-order chi connectivity index (χ1) is 22.2. The summed E-state index contributed by atoms with van der Waals surface area (Å²) in [5.74, 6) is 2.57. The molecule has 0 fully saturated rings. The fourth-order valence-corrected chi connectivity index (χ4v) is 6.31. The number of nitrogens with zero attached hydrogens (tertiary/aromatic N) is 4. The van der Waals surface area contributed by atoms with Crippen molar-refractivity contribution in [1.29, 1.82) is 0 Å². The van der Waals surface area contributed by atoms with Crippen LogP contribution in [-0.4, -0.2) is 19.3 Å². The maximum absolute atomic E-state index is 6.47. The summed E-state index contributed by atoms with van der Waals surface area (Å²) in [7, 11) is 0.